The van der Waals surface area contributed by atoms with E-state index < -0.39 is 41.1 Å². The molecule has 2 aromatic rings. The number of hydrogen-bond donors (Lipinski definition) is 2. The van der Waals surface area contributed by atoms with Crippen LogP contribution in [0, 0.1) is 0 Å². The van der Waals surface area contributed by atoms with Crippen LogP contribution in [0.1, 0.15) is 47.9 Å². The van der Waals surface area contributed by atoms with Crippen molar-refractivity contribution in [2.75, 3.05) is 0 Å². The van der Waals surface area contributed by atoms with E-state index in [1.54, 1.807) is 24.3 Å². The van der Waals surface area contributed by atoms with Crippen molar-refractivity contribution in [1.82, 2.24) is 0 Å². The quantitative estimate of drug-likeness (QED) is 0.851. The van der Waals surface area contributed by atoms with Gasteiger partial charge in [-0.2, -0.15) is 0 Å². The van der Waals surface area contributed by atoms with Crippen molar-refractivity contribution >= 4 is 23.1 Å². The molecular formula is C21H12O6. The Balaban J connectivity index is 1.81. The number of aliphatic hydroxyl groups excluding tert-OH is 2. The average molecular weight is 360 g/mol. The molecule has 0 amide bonds. The van der Waals surface area contributed by atoms with E-state index in [9.17, 15) is 29.4 Å². The summed E-state index contributed by atoms with van der Waals surface area (Å²) < 4.78 is 0. The molecule has 0 aliphatic heterocycles. The second-order valence-corrected chi connectivity index (χ2v) is 6.24. The number of hydrogen-bond acceptors (Lipinski definition) is 6. The summed E-state index contributed by atoms with van der Waals surface area (Å²) in [7, 11) is 0. The largest absolute Gasteiger partial charge is 0.504 e. The highest BCUT2D eigenvalue weighted by atomic mass is 16.3. The minimum Gasteiger partial charge on any atom is -0.504 e. The van der Waals surface area contributed by atoms with E-state index in [1.807, 2.05) is 0 Å². The van der Waals surface area contributed by atoms with E-state index in [0.29, 0.717) is 0 Å². The van der Waals surface area contributed by atoms with Gasteiger partial charge in [0.15, 0.2) is 23.1 Å². The number of allylic oxidation sites excluding steroid dienone is 4. The predicted molar refractivity (Wildman–Crippen MR) is 94.1 cm³/mol. The molecule has 132 valence electrons. The van der Waals surface area contributed by atoms with Gasteiger partial charge in [-0.25, -0.2) is 0 Å². The van der Waals surface area contributed by atoms with Gasteiger partial charge in [0.05, 0.1) is 11.1 Å². The summed E-state index contributed by atoms with van der Waals surface area (Å²) in [5.74, 6) is -4.29. The van der Waals surface area contributed by atoms with Crippen LogP contribution in [0.5, 0.6) is 0 Å². The maximum Gasteiger partial charge on any atom is 0.228 e. The maximum absolute atomic E-state index is 12.7. The van der Waals surface area contributed by atoms with Gasteiger partial charge < -0.3 is 10.2 Å². The lowest BCUT2D eigenvalue weighted by molar-refractivity contribution is 0.0914. The zero-order chi connectivity index (χ0) is 19.3. The van der Waals surface area contributed by atoms with Crippen LogP contribution in [-0.4, -0.2) is 33.3 Å². The number of benzene rings is 2. The van der Waals surface area contributed by atoms with Crippen LogP contribution in [0.15, 0.2) is 71.2 Å². The number of aliphatic hydroxyl groups is 2. The molecule has 27 heavy (non-hydrogen) atoms. The van der Waals surface area contributed by atoms with Crippen molar-refractivity contribution in [3.63, 3.8) is 0 Å². The van der Waals surface area contributed by atoms with Crippen LogP contribution in [0.25, 0.3) is 0 Å². The highest BCUT2D eigenvalue weighted by Crippen LogP contribution is 2.33. The number of ketones is 4. The molecule has 0 fully saturated rings. The topological polar surface area (TPSA) is 109 Å². The van der Waals surface area contributed by atoms with Crippen LogP contribution in [0.4, 0.5) is 0 Å². The molecule has 0 radical (unpaired) electrons. The maximum atomic E-state index is 12.7. The zero-order valence-corrected chi connectivity index (χ0v) is 13.9. The van der Waals surface area contributed by atoms with Crippen molar-refractivity contribution in [3.05, 3.63) is 93.4 Å². The molecule has 2 aliphatic rings. The van der Waals surface area contributed by atoms with Gasteiger partial charge in [0.2, 0.25) is 11.6 Å². The van der Waals surface area contributed by atoms with Gasteiger partial charge in [-0.15, -0.1) is 0 Å². The molecule has 0 heterocycles. The van der Waals surface area contributed by atoms with Crippen molar-refractivity contribution in [1.29, 1.82) is 0 Å². The molecule has 0 aromatic heterocycles. The Kier molecular flexibility index (Phi) is 3.63. The Morgan fingerprint density at radius 1 is 0.519 bits per heavy atom. The molecule has 0 saturated heterocycles. The van der Waals surface area contributed by atoms with E-state index >= 15 is 0 Å². The molecule has 2 aliphatic carbocycles. The lowest BCUT2D eigenvalue weighted by Crippen LogP contribution is -2.26. The van der Waals surface area contributed by atoms with Gasteiger partial charge in [0.1, 0.15) is 0 Å². The summed E-state index contributed by atoms with van der Waals surface area (Å²) in [6.45, 7) is 0. The zero-order valence-electron chi connectivity index (χ0n) is 13.9. The molecule has 0 spiro atoms. The first-order chi connectivity index (χ1) is 12.9. The highest BCUT2D eigenvalue weighted by molar-refractivity contribution is 6.29. The summed E-state index contributed by atoms with van der Waals surface area (Å²) in [5.41, 5.74) is -0.297. The van der Waals surface area contributed by atoms with Crippen molar-refractivity contribution in [2.24, 2.45) is 0 Å². The fraction of sp³-hybridized carbons (Fsp3) is 0.0476. The minimum absolute atomic E-state index is 0.0679. The minimum atomic E-state index is -0.780. The first kappa shape index (κ1) is 16.7. The van der Waals surface area contributed by atoms with E-state index in [0.717, 1.165) is 0 Å². The predicted octanol–water partition coefficient (Wildman–Crippen LogP) is 3.16. The van der Waals surface area contributed by atoms with Crippen LogP contribution in [-0.2, 0) is 0 Å². The van der Waals surface area contributed by atoms with Crippen molar-refractivity contribution < 1.29 is 29.4 Å². The number of carbonyl (C=O) groups excluding carboxylic acids is 4. The third-order valence-electron chi connectivity index (χ3n) is 4.74. The Morgan fingerprint density at radius 3 is 1.15 bits per heavy atom. The summed E-state index contributed by atoms with van der Waals surface area (Å²) in [5, 5.41) is 20.5. The molecule has 2 aromatic carbocycles. The van der Waals surface area contributed by atoms with Gasteiger partial charge in [-0.05, 0) is 0 Å². The molecule has 0 bridgehead atoms. The summed E-state index contributed by atoms with van der Waals surface area (Å²) in [4.78, 5) is 50.1. The molecule has 0 unspecified atom stereocenters. The number of rotatable bonds is 2. The van der Waals surface area contributed by atoms with Crippen LogP contribution >= 0.6 is 0 Å². The van der Waals surface area contributed by atoms with Crippen LogP contribution in [0.2, 0.25) is 0 Å². The average Bonchev–Trinajstić information content (AvgIpc) is 2.70. The number of carbonyl (C=O) groups is 4. The lowest BCUT2D eigenvalue weighted by Gasteiger charge is -2.21. The third kappa shape index (κ3) is 2.34. The standard InChI is InChI=1S/C21H12O6/c22-16-10-5-1-3-7-12(10)18(24)20(26)14(16)9-15-17(23)11-6-2-4-8-13(11)19(25)21(15)27/h1-8,26-27H,9H2. The molecule has 0 atom stereocenters. The van der Waals surface area contributed by atoms with Gasteiger partial charge >= 0.3 is 0 Å². The fourth-order valence-electron chi connectivity index (χ4n) is 3.33. The fourth-order valence-corrected chi connectivity index (χ4v) is 3.33. The molecule has 2 N–H and O–H groups in total. The van der Waals surface area contributed by atoms with Crippen LogP contribution in [0.3, 0.4) is 0 Å². The first-order valence-electron chi connectivity index (χ1n) is 8.13. The smallest absolute Gasteiger partial charge is 0.228 e. The van der Waals surface area contributed by atoms with E-state index in [-0.39, 0.29) is 33.4 Å². The second kappa shape index (κ2) is 5.88. The van der Waals surface area contributed by atoms with Gasteiger partial charge in [-0.1, -0.05) is 48.5 Å². The molecule has 6 heteroatoms. The Labute approximate surface area is 153 Å². The number of Topliss-reactive ketones (excluding diaryl/α,β-unsaturated/α-hetero) is 4. The third-order valence-corrected chi connectivity index (χ3v) is 4.74. The summed E-state index contributed by atoms with van der Waals surface area (Å²) in [6, 6.07) is 12.0. The van der Waals surface area contributed by atoms with E-state index in [1.165, 1.54) is 24.3 Å². The summed E-state index contributed by atoms with van der Waals surface area (Å²) >= 11 is 0. The molecule has 0 saturated carbocycles. The van der Waals surface area contributed by atoms with Gasteiger partial charge in [0, 0.05) is 28.7 Å². The second-order valence-electron chi connectivity index (χ2n) is 6.24. The summed E-state index contributed by atoms with van der Waals surface area (Å²) in [6.07, 6.45) is -0.518. The molecule has 4 rings (SSSR count). The van der Waals surface area contributed by atoms with Gasteiger partial charge in [-0.3, -0.25) is 19.2 Å². The van der Waals surface area contributed by atoms with Crippen LogP contribution < -0.4 is 0 Å². The normalized spacial score (nSPS) is 16.6. The van der Waals surface area contributed by atoms with Crippen molar-refractivity contribution in [3.8, 4) is 0 Å². The molecular weight excluding hydrogens is 348 g/mol. The Hall–Kier alpha value is -3.80. The highest BCUT2D eigenvalue weighted by Gasteiger charge is 2.37. The monoisotopic (exact) mass is 360 g/mol. The van der Waals surface area contributed by atoms with E-state index in [2.05, 4.69) is 0 Å². The SMILES string of the molecule is O=C1C(O)=C(CC2=C(O)C(=O)c3ccccc3C2=O)C(=O)c2ccccc21. The van der Waals surface area contributed by atoms with Gasteiger partial charge in [0.25, 0.3) is 0 Å². The van der Waals surface area contributed by atoms with E-state index in [4.69, 9.17) is 0 Å². The molecule has 6 nitrogen and oxygen atoms in total. The first-order valence-corrected chi connectivity index (χ1v) is 8.13. The number of fused-ring (bicyclic) bond motifs is 2. The van der Waals surface area contributed by atoms with Crippen molar-refractivity contribution in [2.45, 2.75) is 6.42 Å². The Bertz CT molecular complexity index is 1040. The lowest BCUT2D eigenvalue weighted by atomic mass is 9.81. The Morgan fingerprint density at radius 2 is 0.815 bits per heavy atom.